The minimum Gasteiger partial charge on any atom is -0.494 e. The maximum atomic E-state index is 13.1. The molecule has 0 spiro atoms. The minimum absolute atomic E-state index is 0.0792. The lowest BCUT2D eigenvalue weighted by Crippen LogP contribution is -2.08. The second kappa shape index (κ2) is 6.77. The number of carbonyl (C=O) groups excluding carboxylic acids is 1. The quantitative estimate of drug-likeness (QED) is 0.508. The Balaban J connectivity index is 1.90. The zero-order valence-corrected chi connectivity index (χ0v) is 15.3. The van der Waals surface area contributed by atoms with Crippen molar-refractivity contribution in [2.45, 2.75) is 6.18 Å². The number of methoxy groups -OCH3 is 2. The van der Waals surface area contributed by atoms with E-state index < -0.39 is 17.8 Å². The monoisotopic (exact) mass is 401 g/mol. The van der Waals surface area contributed by atoms with Crippen LogP contribution in [0.15, 0.2) is 42.5 Å². The number of H-pyrrole nitrogens is 1. The first-order valence-corrected chi connectivity index (χ1v) is 8.45. The first kappa shape index (κ1) is 18.7. The summed E-state index contributed by atoms with van der Waals surface area (Å²) >= 11 is 0. The second-order valence-corrected chi connectivity index (χ2v) is 6.21. The number of carbonyl (C=O) groups is 1. The van der Waals surface area contributed by atoms with E-state index in [0.29, 0.717) is 33.4 Å². The second-order valence-electron chi connectivity index (χ2n) is 6.21. The van der Waals surface area contributed by atoms with Gasteiger partial charge >= 0.3 is 12.1 Å². The molecule has 4 aromatic rings. The van der Waals surface area contributed by atoms with Crippen molar-refractivity contribution in [3.8, 4) is 17.1 Å². The Morgan fingerprint density at radius 1 is 1.03 bits per heavy atom. The maximum absolute atomic E-state index is 13.1. The smallest absolute Gasteiger partial charge is 0.433 e. The van der Waals surface area contributed by atoms with Gasteiger partial charge in [-0.15, -0.1) is 0 Å². The normalized spacial score (nSPS) is 11.8. The van der Waals surface area contributed by atoms with Crippen LogP contribution in [0.2, 0.25) is 0 Å². The van der Waals surface area contributed by atoms with Crippen molar-refractivity contribution in [3.63, 3.8) is 0 Å². The number of nitrogens with zero attached hydrogens (tertiary/aromatic N) is 2. The summed E-state index contributed by atoms with van der Waals surface area (Å²) in [6.07, 6.45) is -4.57. The van der Waals surface area contributed by atoms with Gasteiger partial charge in [-0.1, -0.05) is 0 Å². The van der Waals surface area contributed by atoms with Gasteiger partial charge in [-0.25, -0.2) is 14.8 Å². The van der Waals surface area contributed by atoms with E-state index >= 15 is 0 Å². The summed E-state index contributed by atoms with van der Waals surface area (Å²) in [5.74, 6) is 0.158. The fourth-order valence-corrected chi connectivity index (χ4v) is 3.10. The van der Waals surface area contributed by atoms with Gasteiger partial charge in [0.25, 0.3) is 0 Å². The van der Waals surface area contributed by atoms with Crippen molar-refractivity contribution < 1.29 is 27.4 Å². The molecule has 2 heterocycles. The molecule has 0 fully saturated rings. The van der Waals surface area contributed by atoms with Gasteiger partial charge in [0.15, 0.2) is 0 Å². The van der Waals surface area contributed by atoms with E-state index in [9.17, 15) is 18.0 Å². The standard InChI is InChI=1S/C20H14F3N3O3/c1-28-15-7-4-12(11-5-8-16(20(21,22)23)26-17(11)15)18-24-13-6-3-10(19(27)29-2)9-14(13)25-18/h3-9H,1-2H3,(H,24,25). The summed E-state index contributed by atoms with van der Waals surface area (Å²) in [5, 5.41) is 0.449. The van der Waals surface area contributed by atoms with Crippen LogP contribution in [-0.4, -0.2) is 35.1 Å². The van der Waals surface area contributed by atoms with Crippen LogP contribution < -0.4 is 4.74 Å². The van der Waals surface area contributed by atoms with Crippen molar-refractivity contribution in [2.75, 3.05) is 14.2 Å². The Morgan fingerprint density at radius 2 is 1.83 bits per heavy atom. The molecule has 0 bridgehead atoms. The van der Waals surface area contributed by atoms with Gasteiger partial charge in [0.05, 0.1) is 30.8 Å². The number of hydrogen-bond acceptors (Lipinski definition) is 5. The molecule has 0 aliphatic carbocycles. The van der Waals surface area contributed by atoms with Crippen molar-refractivity contribution in [2.24, 2.45) is 0 Å². The van der Waals surface area contributed by atoms with Crippen molar-refractivity contribution >= 4 is 27.9 Å². The SMILES string of the molecule is COC(=O)c1ccc2[nH]c(-c3ccc(OC)c4nc(C(F)(F)F)ccc34)nc2c1. The molecule has 0 amide bonds. The molecule has 0 saturated carbocycles. The van der Waals surface area contributed by atoms with Crippen LogP contribution in [0.25, 0.3) is 33.3 Å². The predicted molar refractivity (Wildman–Crippen MR) is 99.7 cm³/mol. The fourth-order valence-electron chi connectivity index (χ4n) is 3.10. The van der Waals surface area contributed by atoms with Gasteiger partial charge in [-0.3, -0.25) is 0 Å². The van der Waals surface area contributed by atoms with E-state index in [1.807, 2.05) is 0 Å². The number of aromatic nitrogens is 3. The number of alkyl halides is 3. The summed E-state index contributed by atoms with van der Waals surface area (Å²) < 4.78 is 49.2. The fraction of sp³-hybridized carbons (Fsp3) is 0.150. The minimum atomic E-state index is -4.57. The average molecular weight is 401 g/mol. The Kier molecular flexibility index (Phi) is 4.37. The van der Waals surface area contributed by atoms with Crippen molar-refractivity contribution in [1.29, 1.82) is 0 Å². The number of rotatable bonds is 3. The molecule has 2 aromatic heterocycles. The van der Waals surface area contributed by atoms with E-state index in [4.69, 9.17) is 9.47 Å². The van der Waals surface area contributed by atoms with Crippen LogP contribution >= 0.6 is 0 Å². The molecule has 0 unspecified atom stereocenters. The number of pyridine rings is 1. The Morgan fingerprint density at radius 3 is 2.52 bits per heavy atom. The van der Waals surface area contributed by atoms with Crippen LogP contribution in [0.4, 0.5) is 13.2 Å². The Hall–Kier alpha value is -3.62. The molecule has 4 rings (SSSR count). The molecule has 0 aliphatic heterocycles. The number of imidazole rings is 1. The van der Waals surface area contributed by atoms with Crippen LogP contribution in [0, 0.1) is 0 Å². The first-order valence-electron chi connectivity index (χ1n) is 8.45. The number of aromatic amines is 1. The number of fused-ring (bicyclic) bond motifs is 2. The molecule has 2 aromatic carbocycles. The summed E-state index contributed by atoms with van der Waals surface area (Å²) in [6, 6.07) is 10.3. The molecule has 1 N–H and O–H groups in total. The first-order chi connectivity index (χ1) is 13.8. The highest BCUT2D eigenvalue weighted by molar-refractivity contribution is 5.99. The molecule has 0 atom stereocenters. The molecule has 6 nitrogen and oxygen atoms in total. The number of nitrogens with one attached hydrogen (secondary N) is 1. The molecule has 0 aliphatic rings. The van der Waals surface area contributed by atoms with Crippen LogP contribution in [0.3, 0.4) is 0 Å². The number of esters is 1. The van der Waals surface area contributed by atoms with Gasteiger partial charge in [-0.2, -0.15) is 13.2 Å². The molecular weight excluding hydrogens is 387 g/mol. The summed E-state index contributed by atoms with van der Waals surface area (Å²) in [4.78, 5) is 23.1. The molecule has 148 valence electrons. The van der Waals surface area contributed by atoms with Crippen molar-refractivity contribution in [1.82, 2.24) is 15.0 Å². The van der Waals surface area contributed by atoms with E-state index in [1.165, 1.54) is 26.4 Å². The highest BCUT2D eigenvalue weighted by Crippen LogP contribution is 2.36. The van der Waals surface area contributed by atoms with Crippen LogP contribution in [-0.2, 0) is 10.9 Å². The van der Waals surface area contributed by atoms with E-state index in [-0.39, 0.29) is 11.3 Å². The zero-order valence-electron chi connectivity index (χ0n) is 15.3. The van der Waals surface area contributed by atoms with E-state index in [0.717, 1.165) is 6.07 Å². The summed E-state index contributed by atoms with van der Waals surface area (Å²) in [6.45, 7) is 0. The lowest BCUT2D eigenvalue weighted by atomic mass is 10.1. The number of hydrogen-bond donors (Lipinski definition) is 1. The van der Waals surface area contributed by atoms with Gasteiger partial charge in [-0.05, 0) is 42.5 Å². The number of halogens is 3. The van der Waals surface area contributed by atoms with E-state index in [1.54, 1.807) is 24.3 Å². The third kappa shape index (κ3) is 3.24. The van der Waals surface area contributed by atoms with Gasteiger partial charge < -0.3 is 14.5 Å². The summed E-state index contributed by atoms with van der Waals surface area (Å²) in [5.41, 5.74) is 1.15. The van der Waals surface area contributed by atoms with Gasteiger partial charge in [0.2, 0.25) is 0 Å². The number of benzene rings is 2. The Labute approximate surface area is 162 Å². The molecule has 0 saturated heterocycles. The average Bonchev–Trinajstić information content (AvgIpc) is 3.14. The van der Waals surface area contributed by atoms with Gasteiger partial charge in [0.1, 0.15) is 22.8 Å². The highest BCUT2D eigenvalue weighted by atomic mass is 19.4. The maximum Gasteiger partial charge on any atom is 0.433 e. The number of ether oxygens (including phenoxy) is 2. The zero-order chi connectivity index (χ0) is 20.8. The van der Waals surface area contributed by atoms with Gasteiger partial charge in [0, 0.05) is 10.9 Å². The topological polar surface area (TPSA) is 77.1 Å². The van der Waals surface area contributed by atoms with E-state index in [2.05, 4.69) is 15.0 Å². The lowest BCUT2D eigenvalue weighted by molar-refractivity contribution is -0.140. The molecular formula is C20H14F3N3O3. The Bertz CT molecular complexity index is 1250. The third-order valence-electron chi connectivity index (χ3n) is 4.49. The summed E-state index contributed by atoms with van der Waals surface area (Å²) in [7, 11) is 2.65. The molecule has 0 radical (unpaired) electrons. The van der Waals surface area contributed by atoms with Crippen LogP contribution in [0.5, 0.6) is 5.75 Å². The molecule has 29 heavy (non-hydrogen) atoms. The lowest BCUT2D eigenvalue weighted by Gasteiger charge is -2.11. The third-order valence-corrected chi connectivity index (χ3v) is 4.49. The largest absolute Gasteiger partial charge is 0.494 e. The highest BCUT2D eigenvalue weighted by Gasteiger charge is 2.33. The van der Waals surface area contributed by atoms with Crippen LogP contribution in [0.1, 0.15) is 16.1 Å². The van der Waals surface area contributed by atoms with Crippen molar-refractivity contribution in [3.05, 3.63) is 53.7 Å². The predicted octanol–water partition coefficient (Wildman–Crippen LogP) is 4.59. The molecule has 9 heteroatoms.